The van der Waals surface area contributed by atoms with Crippen LogP contribution in [-0.2, 0) is 11.2 Å². The minimum Gasteiger partial charge on any atom is -0.484 e. The average molecular weight is 529 g/mol. The van der Waals surface area contributed by atoms with Crippen molar-refractivity contribution < 1.29 is 23.5 Å². The normalized spacial score (nSPS) is 13.6. The van der Waals surface area contributed by atoms with Gasteiger partial charge in [0, 0.05) is 22.6 Å². The fraction of sp³-hybridized carbons (Fsp3) is 0.200. The van der Waals surface area contributed by atoms with E-state index in [1.54, 1.807) is 19.1 Å². The van der Waals surface area contributed by atoms with Crippen LogP contribution >= 0.6 is 23.2 Å². The van der Waals surface area contributed by atoms with Crippen LogP contribution in [0.5, 0.6) is 5.75 Å². The Morgan fingerprint density at radius 3 is 2.53 bits per heavy atom. The number of hydrogen-bond acceptors (Lipinski definition) is 6. The van der Waals surface area contributed by atoms with Gasteiger partial charge in [0.25, 0.3) is 11.8 Å². The molecule has 3 N–H and O–H groups in total. The third-order valence-electron chi connectivity index (χ3n) is 5.43. The molecule has 0 saturated carbocycles. The summed E-state index contributed by atoms with van der Waals surface area (Å²) >= 11 is 11.9. The number of fused-ring (bicyclic) bond motifs is 1. The quantitative estimate of drug-likeness (QED) is 0.413. The molecule has 0 fully saturated rings. The second kappa shape index (κ2) is 11.3. The van der Waals surface area contributed by atoms with Gasteiger partial charge in [-0.25, -0.2) is 5.43 Å². The van der Waals surface area contributed by atoms with Crippen LogP contribution in [0, 0.1) is 6.92 Å². The molecule has 4 rings (SSSR count). The highest BCUT2D eigenvalue weighted by molar-refractivity contribution is 6.36. The van der Waals surface area contributed by atoms with Gasteiger partial charge in [0.1, 0.15) is 11.5 Å². The first-order valence-electron chi connectivity index (χ1n) is 11.0. The number of benzene rings is 2. The highest BCUT2D eigenvalue weighted by Crippen LogP contribution is 2.30. The Balaban J connectivity index is 1.41. The lowest BCUT2D eigenvalue weighted by Crippen LogP contribution is -2.41. The Kier molecular flexibility index (Phi) is 7.92. The number of carbonyl (C=O) groups excluding carboxylic acids is 3. The summed E-state index contributed by atoms with van der Waals surface area (Å²) < 4.78 is 11.2. The molecule has 36 heavy (non-hydrogen) atoms. The Bertz CT molecular complexity index is 1340. The van der Waals surface area contributed by atoms with Gasteiger partial charge in [-0.15, -0.1) is 0 Å². The lowest BCUT2D eigenvalue weighted by Gasteiger charge is -2.13. The first kappa shape index (κ1) is 25.3. The van der Waals surface area contributed by atoms with E-state index in [0.717, 1.165) is 6.42 Å². The van der Waals surface area contributed by atoms with E-state index in [4.69, 9.17) is 32.4 Å². The second-order valence-electron chi connectivity index (χ2n) is 7.94. The zero-order valence-corrected chi connectivity index (χ0v) is 20.7. The van der Waals surface area contributed by atoms with Crippen molar-refractivity contribution in [3.8, 4) is 5.75 Å². The summed E-state index contributed by atoms with van der Waals surface area (Å²) in [6.07, 6.45) is 1.95. The Hall–Kier alpha value is -3.82. The number of nitrogens with one attached hydrogen (secondary N) is 3. The number of ether oxygens (including phenoxy) is 1. The highest BCUT2D eigenvalue weighted by Gasteiger charge is 2.28. The van der Waals surface area contributed by atoms with E-state index in [0.29, 0.717) is 46.2 Å². The van der Waals surface area contributed by atoms with Crippen LogP contribution in [0.3, 0.4) is 0 Å². The minimum absolute atomic E-state index is 0.0378. The number of aryl methyl sites for hydroxylation is 1. The van der Waals surface area contributed by atoms with Gasteiger partial charge in [0.05, 0.1) is 16.3 Å². The molecule has 0 bridgehead atoms. The molecule has 2 aromatic carbocycles. The standard InChI is InChI=1S/C25H22Cl2N4O5/c1-14-22-19(28-29-21(32)13-35-16-6-3-2-4-7-16)8-5-9-20(22)36-23(14)25(34)31-30-24(33)17-11-10-15(26)12-18(17)27/h2-4,6-7,10-12H,5,8-9,13H2,1H3,(H,29,32)(H,30,33)(H,31,34)/b28-19+. The van der Waals surface area contributed by atoms with E-state index in [9.17, 15) is 14.4 Å². The third kappa shape index (κ3) is 5.87. The Morgan fingerprint density at radius 1 is 1.03 bits per heavy atom. The molecular weight excluding hydrogens is 507 g/mol. The lowest BCUT2D eigenvalue weighted by molar-refractivity contribution is -0.123. The molecular formula is C25H22Cl2N4O5. The van der Waals surface area contributed by atoms with Crippen molar-refractivity contribution >= 4 is 46.6 Å². The maximum Gasteiger partial charge on any atom is 0.305 e. The van der Waals surface area contributed by atoms with Crippen molar-refractivity contribution in [2.45, 2.75) is 26.2 Å². The third-order valence-corrected chi connectivity index (χ3v) is 5.97. The van der Waals surface area contributed by atoms with Crippen LogP contribution in [-0.4, -0.2) is 30.0 Å². The van der Waals surface area contributed by atoms with E-state index in [-0.39, 0.29) is 23.0 Å². The number of hydrogen-bond donors (Lipinski definition) is 3. The fourth-order valence-corrected chi connectivity index (χ4v) is 4.23. The monoisotopic (exact) mass is 528 g/mol. The second-order valence-corrected chi connectivity index (χ2v) is 8.78. The van der Waals surface area contributed by atoms with Crippen LogP contribution in [0.4, 0.5) is 0 Å². The topological polar surface area (TPSA) is 122 Å². The van der Waals surface area contributed by atoms with Crippen molar-refractivity contribution in [1.82, 2.24) is 16.3 Å². The van der Waals surface area contributed by atoms with Crippen LogP contribution in [0.25, 0.3) is 0 Å². The lowest BCUT2D eigenvalue weighted by atomic mass is 9.93. The molecule has 0 aliphatic heterocycles. The van der Waals surface area contributed by atoms with Crippen LogP contribution in [0.2, 0.25) is 10.0 Å². The van der Waals surface area contributed by atoms with Gasteiger partial charge in [-0.05, 0) is 50.1 Å². The van der Waals surface area contributed by atoms with Gasteiger partial charge in [-0.2, -0.15) is 5.10 Å². The molecule has 3 amide bonds. The molecule has 11 heteroatoms. The summed E-state index contributed by atoms with van der Waals surface area (Å²) in [6.45, 7) is 1.53. The molecule has 0 atom stereocenters. The molecule has 0 spiro atoms. The predicted molar refractivity (Wildman–Crippen MR) is 134 cm³/mol. The zero-order chi connectivity index (χ0) is 25.7. The minimum atomic E-state index is -0.639. The smallest absolute Gasteiger partial charge is 0.305 e. The molecule has 1 aliphatic carbocycles. The summed E-state index contributed by atoms with van der Waals surface area (Å²) in [5, 5.41) is 4.78. The van der Waals surface area contributed by atoms with Crippen LogP contribution in [0.1, 0.15) is 50.6 Å². The average Bonchev–Trinajstić information content (AvgIpc) is 3.22. The summed E-state index contributed by atoms with van der Waals surface area (Å²) in [7, 11) is 0. The fourth-order valence-electron chi connectivity index (χ4n) is 3.74. The number of amides is 3. The van der Waals surface area contributed by atoms with Crippen molar-refractivity contribution in [1.29, 1.82) is 0 Å². The van der Waals surface area contributed by atoms with E-state index in [2.05, 4.69) is 21.4 Å². The summed E-state index contributed by atoms with van der Waals surface area (Å²) in [5.41, 5.74) is 9.12. The molecule has 0 saturated heterocycles. The van der Waals surface area contributed by atoms with E-state index >= 15 is 0 Å². The Morgan fingerprint density at radius 2 is 1.78 bits per heavy atom. The number of carbonyl (C=O) groups is 3. The largest absolute Gasteiger partial charge is 0.484 e. The van der Waals surface area contributed by atoms with Crippen molar-refractivity contribution in [3.05, 3.63) is 86.8 Å². The van der Waals surface area contributed by atoms with Gasteiger partial charge in [-0.1, -0.05) is 41.4 Å². The SMILES string of the molecule is Cc1c(C(=O)NNC(=O)c2ccc(Cl)cc2Cl)oc2c1/C(=N/NC(=O)COc1ccccc1)CCC2. The Labute approximate surface area is 216 Å². The highest BCUT2D eigenvalue weighted by atomic mass is 35.5. The van der Waals surface area contributed by atoms with Gasteiger partial charge in [0.15, 0.2) is 12.4 Å². The summed E-state index contributed by atoms with van der Waals surface area (Å²) in [5.74, 6) is -0.463. The molecule has 1 aromatic heterocycles. The van der Waals surface area contributed by atoms with E-state index in [1.807, 2.05) is 18.2 Å². The molecule has 3 aromatic rings. The number of hydrazone groups is 1. The molecule has 186 valence electrons. The summed E-state index contributed by atoms with van der Waals surface area (Å²) in [4.78, 5) is 37.3. The number of rotatable bonds is 6. The number of nitrogens with zero attached hydrogens (tertiary/aromatic N) is 1. The predicted octanol–water partition coefficient (Wildman–Crippen LogP) is 4.21. The number of para-hydroxylation sites is 1. The van der Waals surface area contributed by atoms with Gasteiger partial charge >= 0.3 is 5.91 Å². The van der Waals surface area contributed by atoms with Gasteiger partial charge in [0.2, 0.25) is 0 Å². The number of furan rings is 1. The van der Waals surface area contributed by atoms with Crippen molar-refractivity contribution in [2.24, 2.45) is 5.10 Å². The maximum atomic E-state index is 12.8. The molecule has 0 radical (unpaired) electrons. The van der Waals surface area contributed by atoms with E-state index < -0.39 is 17.7 Å². The molecule has 1 aliphatic rings. The number of halogens is 2. The van der Waals surface area contributed by atoms with E-state index in [1.165, 1.54) is 18.2 Å². The van der Waals surface area contributed by atoms with Gasteiger partial charge in [-0.3, -0.25) is 25.2 Å². The maximum absolute atomic E-state index is 12.8. The van der Waals surface area contributed by atoms with Crippen LogP contribution in [0.15, 0.2) is 58.0 Å². The molecule has 0 unspecified atom stereocenters. The van der Waals surface area contributed by atoms with Crippen molar-refractivity contribution in [3.63, 3.8) is 0 Å². The van der Waals surface area contributed by atoms with Crippen molar-refractivity contribution in [2.75, 3.05) is 6.61 Å². The number of hydrazine groups is 1. The summed E-state index contributed by atoms with van der Waals surface area (Å²) in [6, 6.07) is 13.4. The molecule has 1 heterocycles. The molecule has 9 nitrogen and oxygen atoms in total. The first-order valence-corrected chi connectivity index (χ1v) is 11.8. The first-order chi connectivity index (χ1) is 17.3. The van der Waals surface area contributed by atoms with Crippen LogP contribution < -0.4 is 21.0 Å². The van der Waals surface area contributed by atoms with Gasteiger partial charge < -0.3 is 9.15 Å². The zero-order valence-electron chi connectivity index (χ0n) is 19.2.